The minimum Gasteiger partial charge on any atom is -0.377 e. The van der Waals surface area contributed by atoms with Gasteiger partial charge in [0.25, 0.3) is 0 Å². The number of nitrogens with zero attached hydrogens (tertiary/aromatic N) is 1. The normalized spacial score (nSPS) is 33.2. The van der Waals surface area contributed by atoms with E-state index >= 15 is 0 Å². The van der Waals surface area contributed by atoms with Gasteiger partial charge in [0.1, 0.15) is 10.7 Å². The Labute approximate surface area is 129 Å². The number of rotatable bonds is 2. The van der Waals surface area contributed by atoms with Gasteiger partial charge in [-0.1, -0.05) is 25.4 Å². The first kappa shape index (κ1) is 14.8. The average molecular weight is 310 g/mol. The smallest absolute Gasteiger partial charge is 0.245 e. The second-order valence-corrected chi connectivity index (χ2v) is 6.89. The maximum atomic E-state index is 12.8. The molecule has 1 aromatic heterocycles. The van der Waals surface area contributed by atoms with Gasteiger partial charge in [-0.3, -0.25) is 4.79 Å². The van der Waals surface area contributed by atoms with E-state index in [0.717, 1.165) is 6.42 Å². The molecular weight excluding hydrogens is 290 g/mol. The van der Waals surface area contributed by atoms with Crippen LogP contribution in [-0.2, 0) is 9.53 Å². The number of nitrogens with two attached hydrogens (primary N) is 1. The van der Waals surface area contributed by atoms with Crippen LogP contribution in [0.2, 0.25) is 5.15 Å². The zero-order chi connectivity index (χ0) is 15.4. The molecule has 1 aliphatic heterocycles. The van der Waals surface area contributed by atoms with Crippen molar-refractivity contribution < 1.29 is 9.53 Å². The number of pyridine rings is 1. The van der Waals surface area contributed by atoms with Crippen molar-refractivity contribution in [2.75, 3.05) is 11.9 Å². The molecule has 1 saturated heterocycles. The number of nitrogens with one attached hydrogen (secondary N) is 1. The second kappa shape index (κ2) is 4.66. The first-order valence-corrected chi connectivity index (χ1v) is 7.51. The summed E-state index contributed by atoms with van der Waals surface area (Å²) in [7, 11) is 0. The molecular formula is C15H20ClN3O2. The number of ether oxygens (including phenoxy) is 1. The Hall–Kier alpha value is -1.17. The summed E-state index contributed by atoms with van der Waals surface area (Å²) in [6.07, 6.45) is 0.897. The minimum absolute atomic E-state index is 0.0673. The number of amides is 1. The van der Waals surface area contributed by atoms with E-state index in [2.05, 4.69) is 10.3 Å². The molecule has 1 aromatic rings. The van der Waals surface area contributed by atoms with Crippen molar-refractivity contribution in [3.8, 4) is 0 Å². The zero-order valence-electron chi connectivity index (χ0n) is 12.4. The summed E-state index contributed by atoms with van der Waals surface area (Å²) in [4.78, 5) is 16.9. The molecule has 3 unspecified atom stereocenters. The molecule has 1 saturated carbocycles. The van der Waals surface area contributed by atoms with Crippen molar-refractivity contribution in [3.05, 3.63) is 23.0 Å². The number of halogens is 1. The summed E-state index contributed by atoms with van der Waals surface area (Å²) in [6, 6.07) is 3.40. The molecule has 2 fully saturated rings. The number of aryl methyl sites for hydroxylation is 1. The summed E-state index contributed by atoms with van der Waals surface area (Å²) >= 11 is 5.84. The van der Waals surface area contributed by atoms with Gasteiger partial charge in [0.05, 0.1) is 17.5 Å². The maximum Gasteiger partial charge on any atom is 0.245 e. The average Bonchev–Trinajstić information content (AvgIpc) is 2.89. The Morgan fingerprint density at radius 1 is 1.52 bits per heavy atom. The first-order valence-electron chi connectivity index (χ1n) is 7.13. The third-order valence-corrected chi connectivity index (χ3v) is 5.34. The highest BCUT2D eigenvalue weighted by Gasteiger charge is 2.71. The van der Waals surface area contributed by atoms with Gasteiger partial charge in [0.15, 0.2) is 0 Å². The van der Waals surface area contributed by atoms with E-state index in [0.29, 0.717) is 23.1 Å². The molecule has 1 amide bonds. The number of anilines is 1. The fourth-order valence-electron chi connectivity index (χ4n) is 3.73. The standard InChI is InChI=1S/C15H20ClN3O2/c1-8-10(4-5-11(16)18-8)19-13(20)15(17)9-6-7-21-12(9)14(15,2)3/h4-5,9,12H,6-7,17H2,1-3H3,(H,19,20). The number of aromatic nitrogens is 1. The van der Waals surface area contributed by atoms with Gasteiger partial charge in [0.2, 0.25) is 5.91 Å². The Bertz CT molecular complexity index is 605. The minimum atomic E-state index is -0.916. The molecule has 6 heteroatoms. The lowest BCUT2D eigenvalue weighted by Crippen LogP contribution is -2.79. The molecule has 0 radical (unpaired) electrons. The zero-order valence-corrected chi connectivity index (χ0v) is 13.2. The predicted molar refractivity (Wildman–Crippen MR) is 81.2 cm³/mol. The topological polar surface area (TPSA) is 77.2 Å². The molecule has 0 bridgehead atoms. The van der Waals surface area contributed by atoms with E-state index in [1.54, 1.807) is 19.1 Å². The van der Waals surface area contributed by atoms with Crippen LogP contribution in [0.25, 0.3) is 0 Å². The Kier molecular flexibility index (Phi) is 3.28. The molecule has 21 heavy (non-hydrogen) atoms. The second-order valence-electron chi connectivity index (χ2n) is 6.50. The molecule has 3 N–H and O–H groups in total. The molecule has 3 atom stereocenters. The van der Waals surface area contributed by atoms with Crippen molar-refractivity contribution in [3.63, 3.8) is 0 Å². The van der Waals surface area contributed by atoms with Crippen LogP contribution in [0.5, 0.6) is 0 Å². The predicted octanol–water partition coefficient (Wildman–Crippen LogP) is 2.12. The van der Waals surface area contributed by atoms with Gasteiger partial charge in [-0.25, -0.2) is 4.98 Å². The van der Waals surface area contributed by atoms with Crippen LogP contribution in [0.4, 0.5) is 5.69 Å². The third kappa shape index (κ3) is 1.91. The summed E-state index contributed by atoms with van der Waals surface area (Å²) in [6.45, 7) is 6.46. The number of hydrogen-bond acceptors (Lipinski definition) is 4. The quantitative estimate of drug-likeness (QED) is 0.820. The fourth-order valence-corrected chi connectivity index (χ4v) is 3.92. The SMILES string of the molecule is Cc1nc(Cl)ccc1NC(=O)C1(N)C2CCOC2C1(C)C. The Morgan fingerprint density at radius 3 is 2.90 bits per heavy atom. The van der Waals surface area contributed by atoms with Gasteiger partial charge in [-0.05, 0) is 25.5 Å². The van der Waals surface area contributed by atoms with E-state index in [9.17, 15) is 4.79 Å². The number of hydrogen-bond donors (Lipinski definition) is 2. The molecule has 2 aliphatic rings. The summed E-state index contributed by atoms with van der Waals surface area (Å²) in [5, 5.41) is 3.31. The van der Waals surface area contributed by atoms with Crippen molar-refractivity contribution >= 4 is 23.2 Å². The van der Waals surface area contributed by atoms with Gasteiger partial charge in [-0.15, -0.1) is 0 Å². The largest absolute Gasteiger partial charge is 0.377 e. The molecule has 0 spiro atoms. The van der Waals surface area contributed by atoms with Crippen LogP contribution in [-0.4, -0.2) is 29.1 Å². The lowest BCUT2D eigenvalue weighted by molar-refractivity contribution is -0.170. The van der Waals surface area contributed by atoms with Crippen molar-refractivity contribution in [1.82, 2.24) is 4.98 Å². The molecule has 5 nitrogen and oxygen atoms in total. The maximum absolute atomic E-state index is 12.8. The summed E-state index contributed by atoms with van der Waals surface area (Å²) in [5.74, 6) is -0.0977. The molecule has 0 aromatic carbocycles. The molecule has 114 valence electrons. The first-order chi connectivity index (χ1) is 9.78. The monoisotopic (exact) mass is 309 g/mol. The fraction of sp³-hybridized carbons (Fsp3) is 0.600. The van der Waals surface area contributed by atoms with Crippen molar-refractivity contribution in [2.45, 2.75) is 38.8 Å². The number of fused-ring (bicyclic) bond motifs is 1. The number of carbonyl (C=O) groups excluding carboxylic acids is 1. The van der Waals surface area contributed by atoms with Gasteiger partial charge in [0, 0.05) is 17.9 Å². The Morgan fingerprint density at radius 2 is 2.24 bits per heavy atom. The highest BCUT2D eigenvalue weighted by molar-refractivity contribution is 6.29. The van der Waals surface area contributed by atoms with Crippen molar-refractivity contribution in [1.29, 1.82) is 0 Å². The molecule has 1 aliphatic carbocycles. The van der Waals surface area contributed by atoms with Gasteiger partial charge >= 0.3 is 0 Å². The molecule has 3 rings (SSSR count). The van der Waals surface area contributed by atoms with Crippen LogP contribution >= 0.6 is 11.6 Å². The van der Waals surface area contributed by atoms with Crippen LogP contribution in [0.15, 0.2) is 12.1 Å². The van der Waals surface area contributed by atoms with E-state index < -0.39 is 5.54 Å². The summed E-state index contributed by atoms with van der Waals surface area (Å²) in [5.41, 5.74) is 6.52. The van der Waals surface area contributed by atoms with Crippen molar-refractivity contribution in [2.24, 2.45) is 17.1 Å². The van der Waals surface area contributed by atoms with Crippen LogP contribution < -0.4 is 11.1 Å². The lowest BCUT2D eigenvalue weighted by atomic mass is 9.48. The van der Waals surface area contributed by atoms with Crippen LogP contribution in [0.3, 0.4) is 0 Å². The van der Waals surface area contributed by atoms with E-state index in [-0.39, 0.29) is 23.3 Å². The highest BCUT2D eigenvalue weighted by atomic mass is 35.5. The van der Waals surface area contributed by atoms with E-state index in [4.69, 9.17) is 22.1 Å². The Balaban J connectivity index is 1.85. The van der Waals surface area contributed by atoms with Crippen LogP contribution in [0.1, 0.15) is 26.0 Å². The third-order valence-electron chi connectivity index (χ3n) is 5.13. The van der Waals surface area contributed by atoms with E-state index in [1.165, 1.54) is 0 Å². The van der Waals surface area contributed by atoms with Crippen LogP contribution in [0, 0.1) is 18.3 Å². The number of carbonyl (C=O) groups is 1. The van der Waals surface area contributed by atoms with Gasteiger partial charge < -0.3 is 15.8 Å². The van der Waals surface area contributed by atoms with E-state index in [1.807, 2.05) is 13.8 Å². The molecule has 2 heterocycles. The summed E-state index contributed by atoms with van der Waals surface area (Å²) < 4.78 is 5.71. The lowest BCUT2D eigenvalue weighted by Gasteiger charge is -2.60. The highest BCUT2D eigenvalue weighted by Crippen LogP contribution is 2.58. The van der Waals surface area contributed by atoms with Gasteiger partial charge in [-0.2, -0.15) is 0 Å².